The van der Waals surface area contributed by atoms with Crippen molar-refractivity contribution in [1.29, 1.82) is 0 Å². The van der Waals surface area contributed by atoms with Crippen molar-refractivity contribution in [2.75, 3.05) is 49.5 Å². The summed E-state index contributed by atoms with van der Waals surface area (Å²) in [5.41, 5.74) is 4.29. The van der Waals surface area contributed by atoms with Gasteiger partial charge in [0.2, 0.25) is 11.8 Å². The summed E-state index contributed by atoms with van der Waals surface area (Å²) >= 11 is 0. The average molecular weight is 476 g/mol. The number of hydrogen-bond acceptors (Lipinski definition) is 4. The van der Waals surface area contributed by atoms with Crippen LogP contribution < -0.4 is 10.2 Å². The molecule has 2 aromatic carbocycles. The number of nitrogens with zero attached hydrogens (tertiary/aromatic N) is 4. The van der Waals surface area contributed by atoms with Gasteiger partial charge in [-0.2, -0.15) is 0 Å². The number of nitrogens with one attached hydrogen (secondary N) is 1. The highest BCUT2D eigenvalue weighted by molar-refractivity contribution is 5.90. The Morgan fingerprint density at radius 1 is 0.743 bits per heavy atom. The molecule has 0 saturated carbocycles. The van der Waals surface area contributed by atoms with Crippen molar-refractivity contribution in [3.63, 3.8) is 0 Å². The van der Waals surface area contributed by atoms with Gasteiger partial charge in [0.25, 0.3) is 0 Å². The van der Waals surface area contributed by atoms with E-state index in [0.29, 0.717) is 39.3 Å². The van der Waals surface area contributed by atoms with Crippen LogP contribution in [0.1, 0.15) is 30.9 Å². The van der Waals surface area contributed by atoms with Gasteiger partial charge in [0.15, 0.2) is 0 Å². The largest absolute Gasteiger partial charge is 0.368 e. The summed E-state index contributed by atoms with van der Waals surface area (Å²) in [6, 6.07) is 16.0. The quantitative estimate of drug-likeness (QED) is 0.740. The van der Waals surface area contributed by atoms with Crippen molar-refractivity contribution in [2.45, 2.75) is 32.9 Å². The van der Waals surface area contributed by atoms with Crippen LogP contribution in [0.5, 0.6) is 0 Å². The molecular weight excluding hydrogens is 442 g/mol. The first-order valence-electron chi connectivity index (χ1n) is 12.5. The number of rotatable bonds is 3. The van der Waals surface area contributed by atoms with Gasteiger partial charge in [-0.25, -0.2) is 4.79 Å². The summed E-state index contributed by atoms with van der Waals surface area (Å²) < 4.78 is 0. The van der Waals surface area contributed by atoms with Crippen LogP contribution >= 0.6 is 0 Å². The van der Waals surface area contributed by atoms with Gasteiger partial charge in [0.05, 0.1) is 0 Å². The highest BCUT2D eigenvalue weighted by Gasteiger charge is 2.31. The zero-order chi connectivity index (χ0) is 24.4. The first-order valence-corrected chi connectivity index (χ1v) is 12.5. The van der Waals surface area contributed by atoms with E-state index < -0.39 is 0 Å². The lowest BCUT2D eigenvalue weighted by Gasteiger charge is -2.39. The Labute approximate surface area is 206 Å². The van der Waals surface area contributed by atoms with Gasteiger partial charge >= 0.3 is 6.03 Å². The smallest absolute Gasteiger partial charge is 0.322 e. The van der Waals surface area contributed by atoms with Crippen molar-refractivity contribution >= 4 is 29.2 Å². The van der Waals surface area contributed by atoms with Crippen LogP contribution in [0.15, 0.2) is 48.5 Å². The molecule has 0 aromatic heterocycles. The number of piperidine rings is 1. The van der Waals surface area contributed by atoms with E-state index in [0.717, 1.165) is 37.3 Å². The number of hydrogen-bond donors (Lipinski definition) is 1. The van der Waals surface area contributed by atoms with Gasteiger partial charge in [-0.1, -0.05) is 24.3 Å². The monoisotopic (exact) mass is 475 g/mol. The molecule has 5 rings (SSSR count). The van der Waals surface area contributed by atoms with Crippen LogP contribution in [0.2, 0.25) is 0 Å². The van der Waals surface area contributed by atoms with E-state index in [2.05, 4.69) is 22.3 Å². The molecule has 0 spiro atoms. The number of piperazine rings is 1. The fourth-order valence-corrected chi connectivity index (χ4v) is 5.32. The number of carbonyl (C=O) groups is 3. The number of amides is 4. The number of urea groups is 1. The van der Waals surface area contributed by atoms with E-state index in [9.17, 15) is 14.4 Å². The average Bonchev–Trinajstić information content (AvgIpc) is 3.34. The van der Waals surface area contributed by atoms with Crippen LogP contribution in [0, 0.1) is 5.92 Å². The number of benzene rings is 2. The highest BCUT2D eigenvalue weighted by Crippen LogP contribution is 2.25. The Balaban J connectivity index is 1.09. The van der Waals surface area contributed by atoms with E-state index in [1.54, 1.807) is 6.92 Å². The normalized spacial score (nSPS) is 18.4. The Morgan fingerprint density at radius 2 is 1.34 bits per heavy atom. The topological polar surface area (TPSA) is 76.2 Å². The summed E-state index contributed by atoms with van der Waals surface area (Å²) in [5, 5.41) is 3.01. The van der Waals surface area contributed by atoms with E-state index in [-0.39, 0.29) is 23.8 Å². The molecular formula is C27H33N5O3. The third-order valence-corrected chi connectivity index (χ3v) is 7.49. The zero-order valence-electron chi connectivity index (χ0n) is 20.3. The molecule has 2 saturated heterocycles. The Kier molecular flexibility index (Phi) is 6.61. The van der Waals surface area contributed by atoms with E-state index in [1.165, 1.54) is 11.1 Å². The minimum absolute atomic E-state index is 0.0310. The molecule has 1 N–H and O–H groups in total. The molecule has 2 fully saturated rings. The van der Waals surface area contributed by atoms with E-state index in [1.807, 2.05) is 51.1 Å². The molecule has 0 unspecified atom stereocenters. The third-order valence-electron chi connectivity index (χ3n) is 7.49. The van der Waals surface area contributed by atoms with Crippen LogP contribution in [-0.4, -0.2) is 71.8 Å². The SMILES string of the molecule is CC(=O)N1CCC(C(=O)N2CCN(c3ccc(NC(=O)N4Cc5ccccc5C4)cc3)CC2)CC1. The molecule has 0 radical (unpaired) electrons. The molecule has 2 aromatic rings. The summed E-state index contributed by atoms with van der Waals surface area (Å²) in [4.78, 5) is 45.1. The maximum Gasteiger partial charge on any atom is 0.322 e. The predicted octanol–water partition coefficient (Wildman–Crippen LogP) is 3.14. The first-order chi connectivity index (χ1) is 17.0. The van der Waals surface area contributed by atoms with Gasteiger partial charge in [-0.3, -0.25) is 9.59 Å². The fourth-order valence-electron chi connectivity index (χ4n) is 5.32. The number of likely N-dealkylation sites (tertiary alicyclic amines) is 1. The second kappa shape index (κ2) is 9.98. The lowest BCUT2D eigenvalue weighted by Crippen LogP contribution is -2.52. The number of carbonyl (C=O) groups excluding carboxylic acids is 3. The summed E-state index contributed by atoms with van der Waals surface area (Å²) in [7, 11) is 0. The molecule has 0 bridgehead atoms. The standard InChI is InChI=1S/C27H33N5O3/c1-20(33)29-12-10-21(11-13-29)26(34)31-16-14-30(15-17-31)25-8-6-24(7-9-25)28-27(35)32-18-22-4-2-3-5-23(22)19-32/h2-9,21H,10-19H2,1H3,(H,28,35). The van der Waals surface area contributed by atoms with Crippen molar-refractivity contribution in [2.24, 2.45) is 5.92 Å². The maximum absolute atomic E-state index is 13.0. The molecule has 3 aliphatic rings. The van der Waals surface area contributed by atoms with Crippen LogP contribution in [-0.2, 0) is 22.7 Å². The predicted molar refractivity (Wildman–Crippen MR) is 135 cm³/mol. The minimum atomic E-state index is -0.0878. The van der Waals surface area contributed by atoms with Gasteiger partial charge < -0.3 is 24.9 Å². The zero-order valence-corrected chi connectivity index (χ0v) is 20.3. The molecule has 0 aliphatic carbocycles. The second-order valence-electron chi connectivity index (χ2n) is 9.69. The van der Waals surface area contributed by atoms with Crippen molar-refractivity contribution in [3.8, 4) is 0 Å². The Morgan fingerprint density at radius 3 is 1.91 bits per heavy atom. The minimum Gasteiger partial charge on any atom is -0.368 e. The number of anilines is 2. The number of fused-ring (bicyclic) bond motifs is 1. The molecule has 3 heterocycles. The van der Waals surface area contributed by atoms with E-state index >= 15 is 0 Å². The van der Waals surface area contributed by atoms with E-state index in [4.69, 9.17) is 0 Å². The molecule has 3 aliphatic heterocycles. The van der Waals surface area contributed by atoms with Crippen molar-refractivity contribution in [1.82, 2.24) is 14.7 Å². The van der Waals surface area contributed by atoms with Crippen molar-refractivity contribution in [3.05, 3.63) is 59.7 Å². The molecule has 184 valence electrons. The maximum atomic E-state index is 13.0. The summed E-state index contributed by atoms with van der Waals surface area (Å²) in [6.45, 7) is 7.22. The molecule has 8 nitrogen and oxygen atoms in total. The fraction of sp³-hybridized carbons (Fsp3) is 0.444. The molecule has 0 atom stereocenters. The second-order valence-corrected chi connectivity index (χ2v) is 9.69. The summed E-state index contributed by atoms with van der Waals surface area (Å²) in [6.07, 6.45) is 1.52. The first kappa shape index (κ1) is 23.2. The molecule has 8 heteroatoms. The molecule has 35 heavy (non-hydrogen) atoms. The summed E-state index contributed by atoms with van der Waals surface area (Å²) in [5.74, 6) is 0.357. The third kappa shape index (κ3) is 5.11. The van der Waals surface area contributed by atoms with Gasteiger partial charge in [-0.15, -0.1) is 0 Å². The molecule has 4 amide bonds. The lowest BCUT2D eigenvalue weighted by atomic mass is 9.95. The van der Waals surface area contributed by atoms with Crippen LogP contribution in [0.25, 0.3) is 0 Å². The Hall–Kier alpha value is -3.55. The Bertz CT molecular complexity index is 1060. The van der Waals surface area contributed by atoms with Crippen LogP contribution in [0.3, 0.4) is 0 Å². The van der Waals surface area contributed by atoms with Gasteiger partial charge in [0.1, 0.15) is 0 Å². The van der Waals surface area contributed by atoms with Gasteiger partial charge in [-0.05, 0) is 48.2 Å². The van der Waals surface area contributed by atoms with Crippen molar-refractivity contribution < 1.29 is 14.4 Å². The lowest BCUT2D eigenvalue weighted by molar-refractivity contribution is -0.140. The van der Waals surface area contributed by atoms with Crippen LogP contribution in [0.4, 0.5) is 16.2 Å². The highest BCUT2D eigenvalue weighted by atomic mass is 16.2. The van der Waals surface area contributed by atoms with Gasteiger partial charge in [0, 0.05) is 76.6 Å².